The molecule has 2 heterocycles. The number of likely N-dealkylation sites (N-methyl/N-ethyl adjacent to an activating group) is 1. The van der Waals surface area contributed by atoms with Gasteiger partial charge in [-0.3, -0.25) is 9.80 Å². The molecule has 0 spiro atoms. The molecular weight excluding hydrogens is 712 g/mol. The van der Waals surface area contributed by atoms with E-state index < -0.39 is 45.0 Å². The highest BCUT2D eigenvalue weighted by Gasteiger charge is 2.36. The van der Waals surface area contributed by atoms with E-state index in [0.717, 1.165) is 18.9 Å². The molecule has 0 amide bonds. The number of fused-ring (bicyclic) bond motifs is 1. The zero-order chi connectivity index (χ0) is 36.9. The van der Waals surface area contributed by atoms with Crippen LogP contribution in [-0.2, 0) is 31.6 Å². The van der Waals surface area contributed by atoms with Crippen molar-refractivity contribution in [1.82, 2.24) is 24.2 Å². The number of alkyl halides is 3. The summed E-state index contributed by atoms with van der Waals surface area (Å²) in [6.45, 7) is 3.24. The van der Waals surface area contributed by atoms with E-state index in [0.29, 0.717) is 34.2 Å². The summed E-state index contributed by atoms with van der Waals surface area (Å²) in [5.41, 5.74) is 6.11. The van der Waals surface area contributed by atoms with Gasteiger partial charge in [-0.05, 0) is 70.0 Å². The third kappa shape index (κ3) is 9.56. The number of imidazole rings is 1. The predicted molar refractivity (Wildman–Crippen MR) is 188 cm³/mol. The molecule has 5 rings (SSSR count). The zero-order valence-electron chi connectivity index (χ0n) is 28.6. The van der Waals surface area contributed by atoms with Crippen LogP contribution in [-0.4, -0.2) is 69.1 Å². The number of rotatable bonds is 17. The molecule has 0 saturated heterocycles. The number of carbonyl (C=O) groups is 1. The standard InChI is InChI=1S/C33H41ClF3N8O5P/c1-5-27(31(46)48-17-21-8-6-7-9-26(21)33(35,36)37)43(3)51(50-24-14-10-22(34)11-15-24)49-18-25(47-4)16-20(2)44-19-40-28-29(44)41-32(38)42-30(28)45(39)23-12-13-23/h6-11,14-15,19-20,23,25,27H,5,12-13,16-18,39H2,1-4H3,(H2,38,41,42). The Balaban J connectivity index is 1.29. The van der Waals surface area contributed by atoms with Crippen LogP contribution in [0.3, 0.4) is 0 Å². The van der Waals surface area contributed by atoms with Gasteiger partial charge >= 0.3 is 20.7 Å². The van der Waals surface area contributed by atoms with Crippen molar-refractivity contribution in [2.45, 2.75) is 76.5 Å². The van der Waals surface area contributed by atoms with Crippen molar-refractivity contribution in [3.05, 3.63) is 71.0 Å². The number of benzene rings is 2. The Morgan fingerprint density at radius 1 is 1.16 bits per heavy atom. The van der Waals surface area contributed by atoms with Crippen molar-refractivity contribution in [1.29, 1.82) is 0 Å². The number of hydrogen-bond acceptors (Lipinski definition) is 12. The van der Waals surface area contributed by atoms with Gasteiger partial charge < -0.3 is 28.8 Å². The van der Waals surface area contributed by atoms with Gasteiger partial charge in [-0.1, -0.05) is 36.7 Å². The summed E-state index contributed by atoms with van der Waals surface area (Å²) in [6, 6.07) is 10.7. The third-order valence-corrected chi connectivity index (χ3v) is 10.2. The summed E-state index contributed by atoms with van der Waals surface area (Å²) >= 11 is 6.08. The number of halogens is 4. The zero-order valence-corrected chi connectivity index (χ0v) is 30.2. The number of nitrogens with two attached hydrogens (primary N) is 2. The molecule has 276 valence electrons. The highest BCUT2D eigenvalue weighted by molar-refractivity contribution is 7.45. The summed E-state index contributed by atoms with van der Waals surface area (Å²) in [5, 5.41) is 2.09. The van der Waals surface area contributed by atoms with E-state index >= 15 is 0 Å². The molecule has 4 N–H and O–H groups in total. The predicted octanol–water partition coefficient (Wildman–Crippen LogP) is 6.67. The van der Waals surface area contributed by atoms with Crippen LogP contribution in [0.5, 0.6) is 5.75 Å². The van der Waals surface area contributed by atoms with Crippen molar-refractivity contribution in [2.24, 2.45) is 5.84 Å². The van der Waals surface area contributed by atoms with Crippen molar-refractivity contribution in [2.75, 3.05) is 31.5 Å². The minimum absolute atomic E-state index is 0.0577. The molecule has 1 saturated carbocycles. The van der Waals surface area contributed by atoms with Gasteiger partial charge in [0.1, 0.15) is 18.4 Å². The summed E-state index contributed by atoms with van der Waals surface area (Å²) < 4.78 is 67.9. The van der Waals surface area contributed by atoms with Gasteiger partial charge in [-0.15, -0.1) is 0 Å². The van der Waals surface area contributed by atoms with Crippen LogP contribution in [0.15, 0.2) is 54.9 Å². The SMILES string of the molecule is CCC(C(=O)OCc1ccccc1C(F)(F)F)N(C)P(OCC(CC(C)n1cnc2c(N(N)C3CC3)nc(N)nc21)OC)Oc1ccc(Cl)cc1. The lowest BCUT2D eigenvalue weighted by atomic mass is 10.1. The van der Waals surface area contributed by atoms with E-state index in [1.807, 2.05) is 11.5 Å². The topological polar surface area (TPSA) is 156 Å². The Morgan fingerprint density at radius 3 is 2.51 bits per heavy atom. The molecule has 2 aromatic heterocycles. The van der Waals surface area contributed by atoms with E-state index in [-0.39, 0.29) is 36.6 Å². The normalized spacial score (nSPS) is 15.8. The number of nitrogen functional groups attached to an aromatic ring is 1. The Labute approximate surface area is 299 Å². The molecule has 0 aliphatic heterocycles. The van der Waals surface area contributed by atoms with Crippen LogP contribution in [0.1, 0.15) is 56.7 Å². The molecule has 0 bridgehead atoms. The number of aromatic nitrogens is 4. The maximum Gasteiger partial charge on any atom is 0.416 e. The molecule has 4 unspecified atom stereocenters. The number of esters is 1. The minimum atomic E-state index is -4.59. The molecule has 4 atom stereocenters. The lowest BCUT2D eigenvalue weighted by Crippen LogP contribution is -2.38. The van der Waals surface area contributed by atoms with E-state index in [2.05, 4.69) is 15.0 Å². The van der Waals surface area contributed by atoms with Crippen LogP contribution in [0, 0.1) is 0 Å². The molecule has 13 nitrogen and oxygen atoms in total. The first kappa shape index (κ1) is 38.4. The molecule has 4 aromatic rings. The first-order valence-corrected chi connectivity index (χ1v) is 17.8. The molecular formula is C33H41ClF3N8O5P. The Kier molecular flexibility index (Phi) is 12.6. The maximum atomic E-state index is 13.5. The minimum Gasteiger partial charge on any atom is -0.460 e. The highest BCUT2D eigenvalue weighted by atomic mass is 35.5. The first-order valence-electron chi connectivity index (χ1n) is 16.3. The number of anilines is 2. The van der Waals surface area contributed by atoms with Gasteiger partial charge in [-0.2, -0.15) is 23.1 Å². The average Bonchev–Trinajstić information content (AvgIpc) is 3.87. The Hall–Kier alpha value is -3.79. The fourth-order valence-electron chi connectivity index (χ4n) is 5.45. The Bertz CT molecular complexity index is 1780. The number of methoxy groups -OCH3 is 1. The molecule has 0 radical (unpaired) electrons. The summed E-state index contributed by atoms with van der Waals surface area (Å²) in [7, 11) is 1.22. The molecule has 18 heteroatoms. The van der Waals surface area contributed by atoms with Crippen molar-refractivity contribution in [3.63, 3.8) is 0 Å². The number of hydrogen-bond donors (Lipinski definition) is 2. The van der Waals surface area contributed by atoms with Crippen LogP contribution in [0.25, 0.3) is 11.2 Å². The summed E-state index contributed by atoms with van der Waals surface area (Å²) in [4.78, 5) is 26.7. The average molecular weight is 753 g/mol. The third-order valence-electron chi connectivity index (χ3n) is 8.45. The van der Waals surface area contributed by atoms with Gasteiger partial charge in [0.2, 0.25) is 5.95 Å². The number of hydrazine groups is 1. The second-order valence-corrected chi connectivity index (χ2v) is 14.1. The van der Waals surface area contributed by atoms with Gasteiger partial charge in [0.05, 0.1) is 24.6 Å². The molecule has 2 aromatic carbocycles. The van der Waals surface area contributed by atoms with Gasteiger partial charge in [0.25, 0.3) is 0 Å². The lowest BCUT2D eigenvalue weighted by molar-refractivity contribution is -0.151. The van der Waals surface area contributed by atoms with Crippen LogP contribution in [0.4, 0.5) is 24.9 Å². The quantitative estimate of drug-likeness (QED) is 0.0512. The fraction of sp³-hybridized carbons (Fsp3) is 0.455. The lowest BCUT2D eigenvalue weighted by Gasteiger charge is -2.32. The number of ether oxygens (including phenoxy) is 2. The van der Waals surface area contributed by atoms with Crippen molar-refractivity contribution < 1.29 is 36.5 Å². The molecule has 51 heavy (non-hydrogen) atoms. The van der Waals surface area contributed by atoms with Gasteiger partial charge in [-0.25, -0.2) is 15.5 Å². The van der Waals surface area contributed by atoms with Gasteiger partial charge in [0.15, 0.2) is 17.0 Å². The highest BCUT2D eigenvalue weighted by Crippen LogP contribution is 2.45. The first-order chi connectivity index (χ1) is 24.3. The van der Waals surface area contributed by atoms with Crippen molar-refractivity contribution >= 4 is 49.0 Å². The van der Waals surface area contributed by atoms with E-state index in [9.17, 15) is 18.0 Å². The van der Waals surface area contributed by atoms with E-state index in [1.165, 1.54) is 18.2 Å². The van der Waals surface area contributed by atoms with Crippen molar-refractivity contribution in [3.8, 4) is 5.75 Å². The fourth-order valence-corrected chi connectivity index (χ4v) is 7.02. The van der Waals surface area contributed by atoms with E-state index in [1.54, 1.807) is 61.4 Å². The molecule has 1 fully saturated rings. The van der Waals surface area contributed by atoms with Gasteiger partial charge in [0, 0.05) is 29.8 Å². The maximum absolute atomic E-state index is 13.5. The van der Waals surface area contributed by atoms with Crippen LogP contribution >= 0.6 is 20.1 Å². The summed E-state index contributed by atoms with van der Waals surface area (Å²) in [5.74, 6) is 6.56. The molecule has 1 aliphatic carbocycles. The van der Waals surface area contributed by atoms with E-state index in [4.69, 9.17) is 41.7 Å². The smallest absolute Gasteiger partial charge is 0.416 e. The summed E-state index contributed by atoms with van der Waals surface area (Å²) in [6.07, 6.45) is -0.737. The van der Waals surface area contributed by atoms with Crippen LogP contribution < -0.4 is 21.1 Å². The Morgan fingerprint density at radius 2 is 1.86 bits per heavy atom. The monoisotopic (exact) mass is 752 g/mol. The number of carbonyl (C=O) groups excluding carboxylic acids is 1. The second kappa shape index (κ2) is 16.7. The van der Waals surface area contributed by atoms with Crippen LogP contribution in [0.2, 0.25) is 5.02 Å². The molecule has 1 aliphatic rings. The largest absolute Gasteiger partial charge is 0.460 e. The second-order valence-electron chi connectivity index (χ2n) is 12.1. The number of nitrogens with zero attached hydrogens (tertiary/aromatic N) is 6.